The highest BCUT2D eigenvalue weighted by molar-refractivity contribution is 6.21. The van der Waals surface area contributed by atoms with Crippen molar-refractivity contribution in [1.82, 2.24) is 0 Å². The van der Waals surface area contributed by atoms with Crippen molar-refractivity contribution in [3.05, 3.63) is 47.3 Å². The lowest BCUT2D eigenvalue weighted by atomic mass is 9.95. The standard InChI is InChI=1S/C14H12ClFO/c15-13-8-17-6-5-10-9-3-1-2-4-11(9)14(16)7-12(10)13/h1-4,7,13H,5-6,8H2. The van der Waals surface area contributed by atoms with Crippen LogP contribution in [0, 0.1) is 5.82 Å². The normalized spacial score (nSPS) is 20.0. The van der Waals surface area contributed by atoms with Crippen LogP contribution < -0.4 is 0 Å². The van der Waals surface area contributed by atoms with Gasteiger partial charge < -0.3 is 4.74 Å². The molecule has 2 aromatic carbocycles. The third-order valence-electron chi connectivity index (χ3n) is 3.24. The van der Waals surface area contributed by atoms with E-state index in [1.165, 1.54) is 0 Å². The van der Waals surface area contributed by atoms with E-state index in [1.807, 2.05) is 18.2 Å². The summed E-state index contributed by atoms with van der Waals surface area (Å²) in [6.07, 6.45) is 0.791. The van der Waals surface area contributed by atoms with Gasteiger partial charge in [-0.05, 0) is 29.0 Å². The van der Waals surface area contributed by atoms with Gasteiger partial charge in [-0.25, -0.2) is 4.39 Å². The SMILES string of the molecule is Fc1cc2c(c3ccccc13)CCOCC2Cl. The lowest BCUT2D eigenvalue weighted by Gasteiger charge is -2.13. The smallest absolute Gasteiger partial charge is 0.131 e. The summed E-state index contributed by atoms with van der Waals surface area (Å²) in [6, 6.07) is 9.09. The average molecular weight is 251 g/mol. The highest BCUT2D eigenvalue weighted by Crippen LogP contribution is 2.34. The Kier molecular flexibility index (Phi) is 2.77. The largest absolute Gasteiger partial charge is 0.379 e. The van der Waals surface area contributed by atoms with E-state index in [0.29, 0.717) is 18.6 Å². The highest BCUT2D eigenvalue weighted by Gasteiger charge is 2.20. The van der Waals surface area contributed by atoms with Crippen LogP contribution in [0.1, 0.15) is 16.5 Å². The maximum absolute atomic E-state index is 14.0. The molecule has 17 heavy (non-hydrogen) atoms. The van der Waals surface area contributed by atoms with Crippen LogP contribution in [0.2, 0.25) is 0 Å². The molecule has 1 aliphatic rings. The van der Waals surface area contributed by atoms with Crippen LogP contribution in [-0.2, 0) is 11.2 Å². The molecule has 1 heterocycles. The number of hydrogen-bond donors (Lipinski definition) is 0. The Labute approximate surface area is 104 Å². The van der Waals surface area contributed by atoms with Crippen LogP contribution >= 0.6 is 11.6 Å². The van der Waals surface area contributed by atoms with E-state index in [2.05, 4.69) is 0 Å². The number of rotatable bonds is 0. The van der Waals surface area contributed by atoms with Crippen molar-refractivity contribution < 1.29 is 9.13 Å². The summed E-state index contributed by atoms with van der Waals surface area (Å²) >= 11 is 6.23. The first-order chi connectivity index (χ1) is 8.27. The molecule has 2 aromatic rings. The minimum Gasteiger partial charge on any atom is -0.379 e. The molecule has 0 fully saturated rings. The lowest BCUT2D eigenvalue weighted by molar-refractivity contribution is 0.143. The van der Waals surface area contributed by atoms with Gasteiger partial charge >= 0.3 is 0 Å². The minimum absolute atomic E-state index is 0.202. The molecule has 3 heteroatoms. The van der Waals surface area contributed by atoms with Gasteiger partial charge in [-0.2, -0.15) is 0 Å². The summed E-state index contributed by atoms with van der Waals surface area (Å²) in [7, 11) is 0. The summed E-state index contributed by atoms with van der Waals surface area (Å²) < 4.78 is 19.4. The molecule has 0 N–H and O–H groups in total. The highest BCUT2D eigenvalue weighted by atomic mass is 35.5. The fourth-order valence-corrected chi connectivity index (χ4v) is 2.70. The fourth-order valence-electron chi connectivity index (χ4n) is 2.42. The Hall–Kier alpha value is -1.12. The van der Waals surface area contributed by atoms with E-state index in [4.69, 9.17) is 16.3 Å². The maximum atomic E-state index is 14.0. The van der Waals surface area contributed by atoms with Gasteiger partial charge in [-0.15, -0.1) is 11.6 Å². The van der Waals surface area contributed by atoms with Crippen molar-refractivity contribution in [3.8, 4) is 0 Å². The van der Waals surface area contributed by atoms with Gasteiger partial charge in [0.2, 0.25) is 0 Å². The Balaban J connectivity index is 2.34. The number of alkyl halides is 1. The number of fused-ring (bicyclic) bond motifs is 3. The molecule has 0 radical (unpaired) electrons. The summed E-state index contributed by atoms with van der Waals surface area (Å²) in [6.45, 7) is 1.10. The maximum Gasteiger partial charge on any atom is 0.131 e. The van der Waals surface area contributed by atoms with E-state index in [-0.39, 0.29) is 11.2 Å². The van der Waals surface area contributed by atoms with Gasteiger partial charge in [-0.3, -0.25) is 0 Å². The van der Waals surface area contributed by atoms with Crippen molar-refractivity contribution in [1.29, 1.82) is 0 Å². The minimum atomic E-state index is -0.258. The van der Waals surface area contributed by atoms with E-state index in [1.54, 1.807) is 12.1 Å². The fraction of sp³-hybridized carbons (Fsp3) is 0.286. The zero-order valence-electron chi connectivity index (χ0n) is 9.25. The molecule has 1 aliphatic heterocycles. The number of halogens is 2. The number of ether oxygens (including phenoxy) is 1. The van der Waals surface area contributed by atoms with E-state index in [0.717, 1.165) is 22.9 Å². The first-order valence-corrected chi connectivity index (χ1v) is 6.13. The Bertz CT molecular complexity index is 567. The predicted octanol–water partition coefficient (Wildman–Crippen LogP) is 3.83. The molecule has 1 nitrogen and oxygen atoms in total. The third kappa shape index (κ3) is 1.81. The third-order valence-corrected chi connectivity index (χ3v) is 3.60. The van der Waals surface area contributed by atoms with Crippen LogP contribution in [0.4, 0.5) is 4.39 Å². The lowest BCUT2D eigenvalue weighted by Crippen LogP contribution is -2.00. The van der Waals surface area contributed by atoms with Crippen LogP contribution in [0.15, 0.2) is 30.3 Å². The monoisotopic (exact) mass is 250 g/mol. The second-order valence-corrected chi connectivity index (χ2v) is 4.79. The summed E-state index contributed by atoms with van der Waals surface area (Å²) in [5, 5.41) is 1.36. The van der Waals surface area contributed by atoms with Crippen molar-refractivity contribution in [2.45, 2.75) is 11.8 Å². The van der Waals surface area contributed by atoms with Crippen LogP contribution in [0.5, 0.6) is 0 Å². The first kappa shape index (κ1) is 11.0. The molecule has 1 atom stereocenters. The van der Waals surface area contributed by atoms with Crippen LogP contribution in [-0.4, -0.2) is 13.2 Å². The second-order valence-electron chi connectivity index (χ2n) is 4.26. The van der Waals surface area contributed by atoms with E-state index >= 15 is 0 Å². The zero-order valence-corrected chi connectivity index (χ0v) is 10.0. The Morgan fingerprint density at radius 1 is 1.24 bits per heavy atom. The van der Waals surface area contributed by atoms with Crippen molar-refractivity contribution in [2.75, 3.05) is 13.2 Å². The van der Waals surface area contributed by atoms with Gasteiger partial charge in [0.15, 0.2) is 0 Å². The summed E-state index contributed by atoms with van der Waals surface area (Å²) in [5.41, 5.74) is 2.00. The van der Waals surface area contributed by atoms with Crippen LogP contribution in [0.25, 0.3) is 10.8 Å². The molecule has 1 unspecified atom stereocenters. The van der Waals surface area contributed by atoms with Crippen molar-refractivity contribution in [3.63, 3.8) is 0 Å². The zero-order chi connectivity index (χ0) is 11.8. The average Bonchev–Trinajstić information content (AvgIpc) is 2.53. The Morgan fingerprint density at radius 2 is 2.00 bits per heavy atom. The van der Waals surface area contributed by atoms with Gasteiger partial charge in [0.05, 0.1) is 18.6 Å². The first-order valence-electron chi connectivity index (χ1n) is 5.69. The Morgan fingerprint density at radius 3 is 2.82 bits per heavy atom. The molecule has 0 bridgehead atoms. The molecule has 0 saturated carbocycles. The van der Waals surface area contributed by atoms with Gasteiger partial charge in [0.25, 0.3) is 0 Å². The van der Waals surface area contributed by atoms with Crippen molar-refractivity contribution in [2.24, 2.45) is 0 Å². The van der Waals surface area contributed by atoms with Gasteiger partial charge in [-0.1, -0.05) is 24.3 Å². The van der Waals surface area contributed by atoms with E-state index < -0.39 is 0 Å². The topological polar surface area (TPSA) is 9.23 Å². The molecule has 0 aromatic heterocycles. The number of hydrogen-bond acceptors (Lipinski definition) is 1. The van der Waals surface area contributed by atoms with Gasteiger partial charge in [0, 0.05) is 5.39 Å². The second kappa shape index (κ2) is 4.28. The number of benzene rings is 2. The summed E-state index contributed by atoms with van der Waals surface area (Å²) in [4.78, 5) is 0. The molecule has 88 valence electrons. The van der Waals surface area contributed by atoms with Crippen LogP contribution in [0.3, 0.4) is 0 Å². The molecule has 0 spiro atoms. The predicted molar refractivity (Wildman–Crippen MR) is 67.0 cm³/mol. The molecular formula is C14H12ClFO. The molecule has 0 saturated heterocycles. The summed E-state index contributed by atoms with van der Waals surface area (Å²) in [5.74, 6) is -0.202. The van der Waals surface area contributed by atoms with Crippen molar-refractivity contribution >= 4 is 22.4 Å². The molecular weight excluding hydrogens is 239 g/mol. The molecule has 0 amide bonds. The molecule has 3 rings (SSSR count). The quantitative estimate of drug-likeness (QED) is 0.646. The van der Waals surface area contributed by atoms with E-state index in [9.17, 15) is 4.39 Å². The van der Waals surface area contributed by atoms with Gasteiger partial charge in [0.1, 0.15) is 5.82 Å². The molecule has 0 aliphatic carbocycles.